The molecule has 2 aromatic carbocycles. The maximum Gasteiger partial charge on any atom is 0.263 e. The smallest absolute Gasteiger partial charge is 0.263 e. The highest BCUT2D eigenvalue weighted by atomic mass is 32.1. The number of carbonyl (C=O) groups excluding carboxylic acids is 2. The van der Waals surface area contributed by atoms with E-state index in [-0.39, 0.29) is 18.0 Å². The zero-order valence-electron chi connectivity index (χ0n) is 17.7. The van der Waals surface area contributed by atoms with Gasteiger partial charge in [-0.1, -0.05) is 48.5 Å². The molecule has 0 saturated heterocycles. The maximum atomic E-state index is 13.4. The van der Waals surface area contributed by atoms with Crippen LogP contribution < -0.4 is 16.2 Å². The SMILES string of the molecule is Cc1c(C(N)=O)sc2nc(C)n(CC(=O)N(Cc3ccccc3)c3ccccc3)c(=O)c12. The molecule has 162 valence electrons. The molecule has 4 aromatic rings. The molecule has 8 heteroatoms. The summed E-state index contributed by atoms with van der Waals surface area (Å²) in [5.41, 5.74) is 7.30. The van der Waals surface area contributed by atoms with E-state index < -0.39 is 5.91 Å². The van der Waals surface area contributed by atoms with E-state index in [9.17, 15) is 14.4 Å². The van der Waals surface area contributed by atoms with Crippen molar-refractivity contribution in [1.82, 2.24) is 9.55 Å². The summed E-state index contributed by atoms with van der Waals surface area (Å²) >= 11 is 1.10. The van der Waals surface area contributed by atoms with Crippen LogP contribution in [0.4, 0.5) is 5.69 Å². The van der Waals surface area contributed by atoms with Crippen LogP contribution in [0.15, 0.2) is 65.5 Å². The van der Waals surface area contributed by atoms with Crippen LogP contribution in [0.5, 0.6) is 0 Å². The molecule has 0 aliphatic rings. The van der Waals surface area contributed by atoms with E-state index in [2.05, 4.69) is 4.98 Å². The van der Waals surface area contributed by atoms with Crippen LogP contribution >= 0.6 is 11.3 Å². The summed E-state index contributed by atoms with van der Waals surface area (Å²) in [4.78, 5) is 45.3. The van der Waals surface area contributed by atoms with Crippen LogP contribution in [0.2, 0.25) is 0 Å². The van der Waals surface area contributed by atoms with Crippen LogP contribution in [-0.2, 0) is 17.9 Å². The molecule has 2 aromatic heterocycles. The van der Waals surface area contributed by atoms with Crippen molar-refractivity contribution in [1.29, 1.82) is 0 Å². The third kappa shape index (κ3) is 4.04. The summed E-state index contributed by atoms with van der Waals surface area (Å²) in [6.07, 6.45) is 0. The molecule has 7 nitrogen and oxygen atoms in total. The Labute approximate surface area is 188 Å². The number of primary amides is 1. The number of anilines is 1. The van der Waals surface area contributed by atoms with Crippen LogP contribution in [0.3, 0.4) is 0 Å². The third-order valence-electron chi connectivity index (χ3n) is 5.31. The number of benzene rings is 2. The highest BCUT2D eigenvalue weighted by Crippen LogP contribution is 2.27. The number of amides is 2. The number of aromatic nitrogens is 2. The number of hydrogen-bond acceptors (Lipinski definition) is 5. The van der Waals surface area contributed by atoms with Crippen molar-refractivity contribution in [3.8, 4) is 0 Å². The summed E-state index contributed by atoms with van der Waals surface area (Å²) in [7, 11) is 0. The highest BCUT2D eigenvalue weighted by molar-refractivity contribution is 7.20. The highest BCUT2D eigenvalue weighted by Gasteiger charge is 2.22. The van der Waals surface area contributed by atoms with Gasteiger partial charge in [-0.3, -0.25) is 19.0 Å². The normalized spacial score (nSPS) is 10.9. The number of hydrogen-bond donors (Lipinski definition) is 1. The lowest BCUT2D eigenvalue weighted by Gasteiger charge is -2.24. The summed E-state index contributed by atoms with van der Waals surface area (Å²) in [5, 5.41) is 0.330. The zero-order chi connectivity index (χ0) is 22.8. The number of fused-ring (bicyclic) bond motifs is 1. The van der Waals surface area contributed by atoms with Gasteiger partial charge in [0.1, 0.15) is 17.2 Å². The van der Waals surface area contributed by atoms with E-state index in [1.54, 1.807) is 18.7 Å². The predicted octanol–water partition coefficient (Wildman–Crippen LogP) is 3.41. The van der Waals surface area contributed by atoms with Crippen LogP contribution in [0.1, 0.15) is 26.6 Å². The number of carbonyl (C=O) groups is 2. The van der Waals surface area contributed by atoms with Gasteiger partial charge in [-0.25, -0.2) is 4.98 Å². The Balaban J connectivity index is 1.74. The number of nitrogens with zero attached hydrogens (tertiary/aromatic N) is 3. The van der Waals surface area contributed by atoms with Crippen LogP contribution in [0, 0.1) is 13.8 Å². The molecule has 2 heterocycles. The lowest BCUT2D eigenvalue weighted by atomic mass is 10.2. The first-order valence-electron chi connectivity index (χ1n) is 10.1. The fourth-order valence-electron chi connectivity index (χ4n) is 3.66. The van der Waals surface area contributed by atoms with Gasteiger partial charge in [-0.05, 0) is 37.1 Å². The average Bonchev–Trinajstić information content (AvgIpc) is 3.12. The largest absolute Gasteiger partial charge is 0.365 e. The molecule has 2 N–H and O–H groups in total. The number of nitrogens with two attached hydrogens (primary N) is 1. The van der Waals surface area contributed by atoms with Gasteiger partial charge in [0, 0.05) is 5.69 Å². The molecule has 0 spiro atoms. The molecule has 0 saturated carbocycles. The van der Waals surface area contributed by atoms with E-state index in [4.69, 9.17) is 5.73 Å². The Hall–Kier alpha value is -3.78. The Bertz CT molecular complexity index is 1360. The molecule has 0 aliphatic heterocycles. The summed E-state index contributed by atoms with van der Waals surface area (Å²) in [5.74, 6) is -0.432. The Morgan fingerprint density at radius 1 is 1.03 bits per heavy atom. The Morgan fingerprint density at radius 2 is 1.66 bits per heavy atom. The van der Waals surface area contributed by atoms with Gasteiger partial charge >= 0.3 is 0 Å². The van der Waals surface area contributed by atoms with Crippen molar-refractivity contribution in [3.05, 3.63) is 92.8 Å². The molecule has 0 aliphatic carbocycles. The van der Waals surface area contributed by atoms with Gasteiger partial charge in [0.15, 0.2) is 0 Å². The van der Waals surface area contributed by atoms with E-state index in [0.29, 0.717) is 33.0 Å². The van der Waals surface area contributed by atoms with Gasteiger partial charge in [0.2, 0.25) is 5.91 Å². The van der Waals surface area contributed by atoms with E-state index in [0.717, 1.165) is 22.6 Å². The molecular formula is C24H22N4O3S. The number of aryl methyl sites for hydroxylation is 2. The molecule has 4 rings (SSSR count). The minimum atomic E-state index is -0.594. The van der Waals surface area contributed by atoms with Crippen molar-refractivity contribution < 1.29 is 9.59 Å². The molecule has 0 radical (unpaired) electrons. The van der Waals surface area contributed by atoms with Gasteiger partial charge in [-0.2, -0.15) is 0 Å². The van der Waals surface area contributed by atoms with Gasteiger partial charge in [0.05, 0.1) is 16.8 Å². The number of rotatable bonds is 6. The Kier molecular flexibility index (Phi) is 5.87. The van der Waals surface area contributed by atoms with Crippen molar-refractivity contribution in [3.63, 3.8) is 0 Å². The predicted molar refractivity (Wildman–Crippen MR) is 126 cm³/mol. The third-order valence-corrected chi connectivity index (χ3v) is 6.51. The fourth-order valence-corrected chi connectivity index (χ4v) is 4.73. The number of thiophene rings is 1. The first-order valence-corrected chi connectivity index (χ1v) is 10.9. The molecule has 0 bridgehead atoms. The van der Waals surface area contributed by atoms with Crippen molar-refractivity contribution in [2.24, 2.45) is 5.73 Å². The molecular weight excluding hydrogens is 424 g/mol. The lowest BCUT2D eigenvalue weighted by Crippen LogP contribution is -2.37. The topological polar surface area (TPSA) is 98.3 Å². The van der Waals surface area contributed by atoms with E-state index >= 15 is 0 Å². The van der Waals surface area contributed by atoms with Crippen LogP contribution in [-0.4, -0.2) is 21.4 Å². The second-order valence-electron chi connectivity index (χ2n) is 7.45. The summed E-state index contributed by atoms with van der Waals surface area (Å²) in [6, 6.07) is 19.0. The number of para-hydroxylation sites is 1. The maximum absolute atomic E-state index is 13.4. The second-order valence-corrected chi connectivity index (χ2v) is 8.45. The lowest BCUT2D eigenvalue weighted by molar-refractivity contribution is -0.119. The van der Waals surface area contributed by atoms with Crippen molar-refractivity contribution >= 4 is 39.1 Å². The zero-order valence-corrected chi connectivity index (χ0v) is 18.6. The van der Waals surface area contributed by atoms with E-state index in [1.165, 1.54) is 4.57 Å². The summed E-state index contributed by atoms with van der Waals surface area (Å²) in [6.45, 7) is 3.55. The van der Waals surface area contributed by atoms with Crippen molar-refractivity contribution in [2.75, 3.05) is 4.90 Å². The van der Waals surface area contributed by atoms with Gasteiger partial charge < -0.3 is 10.6 Å². The molecule has 32 heavy (non-hydrogen) atoms. The van der Waals surface area contributed by atoms with Crippen LogP contribution in [0.25, 0.3) is 10.2 Å². The minimum Gasteiger partial charge on any atom is -0.365 e. The fraction of sp³-hybridized carbons (Fsp3) is 0.167. The standard InChI is InChI=1S/C24H22N4O3S/c1-15-20-23(32-21(15)22(25)30)26-16(2)27(24(20)31)14-19(29)28(18-11-7-4-8-12-18)13-17-9-5-3-6-10-17/h3-12H,13-14H2,1-2H3,(H2,25,30). The first kappa shape index (κ1) is 21.5. The van der Waals surface area contributed by atoms with Crippen molar-refractivity contribution in [2.45, 2.75) is 26.9 Å². The first-order chi connectivity index (χ1) is 15.4. The van der Waals surface area contributed by atoms with Gasteiger partial charge in [-0.15, -0.1) is 11.3 Å². The molecule has 2 amide bonds. The molecule has 0 fully saturated rings. The minimum absolute atomic E-state index is 0.170. The van der Waals surface area contributed by atoms with E-state index in [1.807, 2.05) is 60.7 Å². The van der Waals surface area contributed by atoms with Gasteiger partial charge in [0.25, 0.3) is 11.5 Å². The Morgan fingerprint density at radius 3 is 2.28 bits per heavy atom. The second kappa shape index (κ2) is 8.76. The summed E-state index contributed by atoms with van der Waals surface area (Å²) < 4.78 is 1.36. The molecule has 0 atom stereocenters. The quantitative estimate of drug-likeness (QED) is 0.491. The average molecular weight is 447 g/mol. The monoisotopic (exact) mass is 446 g/mol. The molecule has 0 unspecified atom stereocenters.